The number of anilines is 1. The number of halogens is 2. The minimum atomic E-state index is -1.39. The fraction of sp³-hybridized carbons (Fsp3) is 0.250. The highest BCUT2D eigenvalue weighted by Crippen LogP contribution is 2.42. The van der Waals surface area contributed by atoms with Crippen molar-refractivity contribution in [2.24, 2.45) is 0 Å². The first-order chi connectivity index (χ1) is 20.7. The Balaban J connectivity index is 1.43. The Labute approximate surface area is 249 Å². The molecule has 0 saturated carbocycles. The standard InChI is InChI=1S/C32H29F2N3O5S/c1-35-31(38)28-23-15-22(25(36(2)43(3)40)16-26(23)41-30(28)18-9-11-21(33)12-10-18)20-7-5-13-37(17-20)32(39)27-14-19-6-4-8-24(34)29(19)42-27/h4,6,8-12,14-16,20H,5,7,13,17H2,1-3H3,(H,35,38)/t20-,43?/m0/s1. The fourth-order valence-electron chi connectivity index (χ4n) is 5.75. The number of piperidine rings is 1. The number of hydrogen-bond donors (Lipinski definition) is 1. The van der Waals surface area contributed by atoms with Gasteiger partial charge in [0.1, 0.15) is 23.4 Å². The summed E-state index contributed by atoms with van der Waals surface area (Å²) in [5.41, 5.74) is 2.71. The summed E-state index contributed by atoms with van der Waals surface area (Å²) in [4.78, 5) is 28.4. The van der Waals surface area contributed by atoms with Gasteiger partial charge in [-0.1, -0.05) is 12.1 Å². The number of nitrogens with zero attached hydrogens (tertiary/aromatic N) is 2. The zero-order valence-electron chi connectivity index (χ0n) is 23.8. The summed E-state index contributed by atoms with van der Waals surface area (Å²) in [7, 11) is 3.23. The molecule has 43 heavy (non-hydrogen) atoms. The van der Waals surface area contributed by atoms with Crippen LogP contribution in [0.1, 0.15) is 45.2 Å². The average Bonchev–Trinajstić information content (AvgIpc) is 3.62. The van der Waals surface area contributed by atoms with Gasteiger partial charge >= 0.3 is 0 Å². The van der Waals surface area contributed by atoms with Gasteiger partial charge < -0.3 is 23.6 Å². The third-order valence-electron chi connectivity index (χ3n) is 7.98. The number of rotatable bonds is 6. The van der Waals surface area contributed by atoms with E-state index in [0.717, 1.165) is 12.0 Å². The molecule has 0 bridgehead atoms. The minimum Gasteiger partial charge on any atom is -0.593 e. The SMILES string of the molecule is CNC(=O)c1c(-c2ccc(F)cc2)oc2cc(N(C)[S+](C)[O-])c([C@H]3CCCN(C(=O)c4cc5cccc(F)c5o4)C3)cc12. The number of hydrogen-bond acceptors (Lipinski definition) is 6. The maximum atomic E-state index is 14.2. The Morgan fingerprint density at radius 1 is 1.09 bits per heavy atom. The molecule has 0 aliphatic carbocycles. The average molecular weight is 606 g/mol. The van der Waals surface area contributed by atoms with Gasteiger partial charge in [0, 0.05) is 48.5 Å². The van der Waals surface area contributed by atoms with E-state index in [2.05, 4.69) is 5.32 Å². The summed E-state index contributed by atoms with van der Waals surface area (Å²) in [5.74, 6) is -1.49. The van der Waals surface area contributed by atoms with Crippen molar-refractivity contribution in [3.63, 3.8) is 0 Å². The Morgan fingerprint density at radius 3 is 2.56 bits per heavy atom. The molecule has 1 aliphatic rings. The van der Waals surface area contributed by atoms with Gasteiger partial charge in [-0.15, -0.1) is 0 Å². The first-order valence-electron chi connectivity index (χ1n) is 13.8. The summed E-state index contributed by atoms with van der Waals surface area (Å²) < 4.78 is 54.0. The Bertz CT molecular complexity index is 1850. The molecule has 1 aliphatic heterocycles. The molecule has 0 spiro atoms. The topological polar surface area (TPSA) is 102 Å². The third kappa shape index (κ3) is 5.23. The summed E-state index contributed by atoms with van der Waals surface area (Å²) in [6, 6.07) is 15.4. The van der Waals surface area contributed by atoms with Crippen molar-refractivity contribution in [3.8, 4) is 11.3 Å². The number of para-hydroxylation sites is 1. The molecule has 1 N–H and O–H groups in total. The number of fused-ring (bicyclic) bond motifs is 2. The number of carbonyl (C=O) groups is 2. The number of furan rings is 2. The predicted molar refractivity (Wildman–Crippen MR) is 162 cm³/mol. The summed E-state index contributed by atoms with van der Waals surface area (Å²) in [6.45, 7) is 0.824. The molecular weight excluding hydrogens is 576 g/mol. The summed E-state index contributed by atoms with van der Waals surface area (Å²) in [6.07, 6.45) is 2.99. The lowest BCUT2D eigenvalue weighted by atomic mass is 9.88. The first-order valence-corrected chi connectivity index (χ1v) is 15.3. The molecule has 6 rings (SSSR count). The molecule has 222 valence electrons. The second-order valence-corrected chi connectivity index (χ2v) is 12.0. The largest absolute Gasteiger partial charge is 0.593 e. The molecule has 3 heterocycles. The predicted octanol–water partition coefficient (Wildman–Crippen LogP) is 6.23. The van der Waals surface area contributed by atoms with Gasteiger partial charge in [-0.2, -0.15) is 4.31 Å². The van der Waals surface area contributed by atoms with Crippen LogP contribution in [0.4, 0.5) is 14.5 Å². The van der Waals surface area contributed by atoms with Gasteiger partial charge in [-0.25, -0.2) is 8.78 Å². The highest BCUT2D eigenvalue weighted by Gasteiger charge is 2.32. The van der Waals surface area contributed by atoms with Crippen molar-refractivity contribution in [1.82, 2.24) is 10.2 Å². The number of amides is 2. The van der Waals surface area contributed by atoms with E-state index < -0.39 is 23.0 Å². The van der Waals surface area contributed by atoms with Crippen LogP contribution < -0.4 is 9.62 Å². The van der Waals surface area contributed by atoms with Crippen LogP contribution in [0.5, 0.6) is 0 Å². The molecule has 2 aromatic heterocycles. The smallest absolute Gasteiger partial charge is 0.289 e. The molecule has 11 heteroatoms. The lowest BCUT2D eigenvalue weighted by Crippen LogP contribution is -2.39. The van der Waals surface area contributed by atoms with Crippen LogP contribution in [0.2, 0.25) is 0 Å². The first kappa shape index (κ1) is 28.8. The van der Waals surface area contributed by atoms with Crippen LogP contribution in [-0.4, -0.2) is 54.7 Å². The third-order valence-corrected chi connectivity index (χ3v) is 8.95. The van der Waals surface area contributed by atoms with Crippen LogP contribution in [0, 0.1) is 11.6 Å². The monoisotopic (exact) mass is 605 g/mol. The molecule has 5 aromatic rings. The van der Waals surface area contributed by atoms with Gasteiger partial charge in [-0.05, 0) is 60.9 Å². The second-order valence-electron chi connectivity index (χ2n) is 10.6. The van der Waals surface area contributed by atoms with E-state index in [-0.39, 0.29) is 34.8 Å². The lowest BCUT2D eigenvalue weighted by molar-refractivity contribution is 0.0677. The Hall–Kier alpha value is -4.35. The second kappa shape index (κ2) is 11.4. The molecule has 1 saturated heterocycles. The van der Waals surface area contributed by atoms with E-state index in [1.54, 1.807) is 58.9 Å². The lowest BCUT2D eigenvalue weighted by Gasteiger charge is -2.34. The van der Waals surface area contributed by atoms with Gasteiger partial charge in [0.25, 0.3) is 11.8 Å². The van der Waals surface area contributed by atoms with Gasteiger partial charge in [-0.3, -0.25) is 9.59 Å². The number of likely N-dealkylation sites (tertiary alicyclic amines) is 1. The van der Waals surface area contributed by atoms with E-state index in [4.69, 9.17) is 8.83 Å². The van der Waals surface area contributed by atoms with Gasteiger partial charge in [0.15, 0.2) is 17.2 Å². The zero-order chi connectivity index (χ0) is 30.4. The number of nitrogens with one attached hydrogen (secondary N) is 1. The van der Waals surface area contributed by atoms with E-state index in [9.17, 15) is 22.9 Å². The molecule has 8 nitrogen and oxygen atoms in total. The highest BCUT2D eigenvalue weighted by atomic mass is 32.2. The van der Waals surface area contributed by atoms with Gasteiger partial charge in [0.2, 0.25) is 0 Å². The Morgan fingerprint density at radius 2 is 1.86 bits per heavy atom. The molecule has 2 atom stereocenters. The molecule has 3 aromatic carbocycles. The van der Waals surface area contributed by atoms with Crippen LogP contribution in [0.25, 0.3) is 33.3 Å². The van der Waals surface area contributed by atoms with Crippen molar-refractivity contribution in [1.29, 1.82) is 0 Å². The Kier molecular flexibility index (Phi) is 7.61. The minimum absolute atomic E-state index is 0.0397. The van der Waals surface area contributed by atoms with Crippen molar-refractivity contribution in [2.45, 2.75) is 18.8 Å². The van der Waals surface area contributed by atoms with Crippen LogP contribution in [0.3, 0.4) is 0 Å². The summed E-state index contributed by atoms with van der Waals surface area (Å²) >= 11 is -1.39. The molecule has 1 unspecified atom stereocenters. The van der Waals surface area contributed by atoms with Crippen molar-refractivity contribution < 1.29 is 31.8 Å². The van der Waals surface area contributed by atoms with Crippen molar-refractivity contribution in [3.05, 3.63) is 89.2 Å². The van der Waals surface area contributed by atoms with Gasteiger partial charge in [0.05, 0.1) is 29.7 Å². The molecule has 0 radical (unpaired) electrons. The summed E-state index contributed by atoms with van der Waals surface area (Å²) in [5, 5.41) is 3.72. The molecule has 1 fully saturated rings. The molecular formula is C32H29F2N3O5S. The highest BCUT2D eigenvalue weighted by molar-refractivity contribution is 7.92. The zero-order valence-corrected chi connectivity index (χ0v) is 24.6. The normalized spacial score (nSPS) is 16.0. The maximum Gasteiger partial charge on any atom is 0.289 e. The van der Waals surface area contributed by atoms with Crippen LogP contribution in [-0.2, 0) is 11.4 Å². The quantitative estimate of drug-likeness (QED) is 0.230. The van der Waals surface area contributed by atoms with E-state index >= 15 is 0 Å². The fourth-order valence-corrected chi connectivity index (χ4v) is 6.18. The maximum absolute atomic E-state index is 14.2. The number of carbonyl (C=O) groups excluding carboxylic acids is 2. The van der Waals surface area contributed by atoms with E-state index in [1.807, 2.05) is 6.07 Å². The van der Waals surface area contributed by atoms with Crippen LogP contribution in [0.15, 0.2) is 69.5 Å². The van der Waals surface area contributed by atoms with Crippen LogP contribution >= 0.6 is 0 Å². The van der Waals surface area contributed by atoms with Crippen molar-refractivity contribution in [2.75, 3.05) is 37.7 Å². The van der Waals surface area contributed by atoms with E-state index in [0.29, 0.717) is 52.7 Å². The van der Waals surface area contributed by atoms with E-state index in [1.165, 1.54) is 25.2 Å². The molecule has 2 amide bonds. The van der Waals surface area contributed by atoms with Crippen molar-refractivity contribution >= 4 is 50.8 Å². The number of benzene rings is 3.